The van der Waals surface area contributed by atoms with Gasteiger partial charge in [-0.1, -0.05) is 33.8 Å². The molecule has 4 nitrogen and oxygen atoms in total. The Morgan fingerprint density at radius 2 is 1.84 bits per heavy atom. The fourth-order valence-electron chi connectivity index (χ4n) is 6.74. The third-order valence-electron chi connectivity index (χ3n) is 7.98. The summed E-state index contributed by atoms with van der Waals surface area (Å²) in [5, 5.41) is 12.8. The predicted octanol–water partition coefficient (Wildman–Crippen LogP) is 4.01. The van der Waals surface area contributed by atoms with Gasteiger partial charge in [-0.15, -0.1) is 0 Å². The Morgan fingerprint density at radius 3 is 2.52 bits per heavy atom. The van der Waals surface area contributed by atoms with Crippen molar-refractivity contribution >= 4 is 11.9 Å². The lowest BCUT2D eigenvalue weighted by Crippen LogP contribution is -2.59. The van der Waals surface area contributed by atoms with E-state index in [4.69, 9.17) is 0 Å². The molecule has 0 bridgehead atoms. The number of carboxylic acids is 1. The molecule has 4 rings (SSSR count). The average Bonchev–Trinajstić information content (AvgIpc) is 2.95. The van der Waals surface area contributed by atoms with E-state index in [0.29, 0.717) is 17.8 Å². The number of amides is 1. The number of hydrogen-bond acceptors (Lipinski definition) is 2. The van der Waals surface area contributed by atoms with Crippen molar-refractivity contribution in [2.45, 2.75) is 72.3 Å². The lowest BCUT2D eigenvalue weighted by Gasteiger charge is -2.58. The number of carbonyl (C=O) groups excluding carboxylic acids is 1. The van der Waals surface area contributed by atoms with Crippen molar-refractivity contribution in [2.75, 3.05) is 0 Å². The van der Waals surface area contributed by atoms with Gasteiger partial charge in [0.1, 0.15) is 0 Å². The normalized spacial score (nSPS) is 47.5. The number of carbonyl (C=O) groups is 2. The molecule has 0 aromatic carbocycles. The summed E-state index contributed by atoms with van der Waals surface area (Å²) in [4.78, 5) is 23.4. The number of aliphatic carboxylic acids is 1. The van der Waals surface area contributed by atoms with E-state index in [1.807, 2.05) is 13.8 Å². The topological polar surface area (TPSA) is 66.4 Å². The van der Waals surface area contributed by atoms with Gasteiger partial charge in [0.2, 0.25) is 5.91 Å². The molecular formula is C21H33NO3. The summed E-state index contributed by atoms with van der Waals surface area (Å²) < 4.78 is 0. The molecule has 1 amide bonds. The minimum absolute atomic E-state index is 0.0299. The first kappa shape index (κ1) is 18.5. The van der Waals surface area contributed by atoms with E-state index in [-0.39, 0.29) is 28.7 Å². The van der Waals surface area contributed by atoms with Crippen LogP contribution in [0.1, 0.15) is 66.2 Å². The molecule has 0 aromatic rings. The van der Waals surface area contributed by atoms with Crippen molar-refractivity contribution in [1.82, 2.24) is 5.32 Å². The number of nitrogens with one attached hydrogen (secondary N) is 1. The third-order valence-corrected chi connectivity index (χ3v) is 7.98. The van der Waals surface area contributed by atoms with E-state index in [2.05, 4.69) is 25.2 Å². The van der Waals surface area contributed by atoms with Gasteiger partial charge in [-0.2, -0.15) is 0 Å². The summed E-state index contributed by atoms with van der Waals surface area (Å²) in [7, 11) is 0. The van der Waals surface area contributed by atoms with Gasteiger partial charge in [0, 0.05) is 11.5 Å². The number of carboxylic acid groups (broad SMARTS) is 1. The maximum absolute atomic E-state index is 11.7. The monoisotopic (exact) mass is 347 g/mol. The summed E-state index contributed by atoms with van der Waals surface area (Å²) in [5.41, 5.74) is 0.0112. The minimum atomic E-state index is -0.599. The average molecular weight is 347 g/mol. The first-order valence-corrected chi connectivity index (χ1v) is 10.1. The Kier molecular flexibility index (Phi) is 4.76. The van der Waals surface area contributed by atoms with Gasteiger partial charge < -0.3 is 10.4 Å². The van der Waals surface area contributed by atoms with Gasteiger partial charge in [-0.3, -0.25) is 9.59 Å². The summed E-state index contributed by atoms with van der Waals surface area (Å²) in [6, 6.07) is 0.252. The van der Waals surface area contributed by atoms with Crippen LogP contribution >= 0.6 is 0 Å². The second-order valence-corrected chi connectivity index (χ2v) is 8.73. The number of fused-ring (bicyclic) bond motifs is 5. The van der Waals surface area contributed by atoms with E-state index in [1.165, 1.54) is 0 Å². The molecule has 2 N–H and O–H groups in total. The van der Waals surface area contributed by atoms with E-state index < -0.39 is 5.97 Å². The van der Waals surface area contributed by atoms with E-state index in [0.717, 1.165) is 38.5 Å². The van der Waals surface area contributed by atoms with Crippen molar-refractivity contribution < 1.29 is 14.7 Å². The second kappa shape index (κ2) is 6.44. The molecule has 1 aliphatic heterocycles. The fourth-order valence-corrected chi connectivity index (χ4v) is 6.74. The Hall–Kier alpha value is -1.32. The molecule has 4 heteroatoms. The first-order chi connectivity index (χ1) is 11.9. The molecule has 140 valence electrons. The van der Waals surface area contributed by atoms with Crippen LogP contribution in [0.3, 0.4) is 0 Å². The lowest BCUT2D eigenvalue weighted by molar-refractivity contribution is -0.150. The SMILES string of the molecule is CC.C[C@]12C=CC(=O)NC1CCC1C2CC[C@@]2(C)C1CC[C@@H]2C(=O)O. The van der Waals surface area contributed by atoms with Crippen molar-refractivity contribution in [3.05, 3.63) is 12.2 Å². The van der Waals surface area contributed by atoms with Gasteiger partial charge in [0.05, 0.1) is 5.92 Å². The maximum atomic E-state index is 11.7. The maximum Gasteiger partial charge on any atom is 0.307 e. The highest BCUT2D eigenvalue weighted by atomic mass is 16.4. The Bertz CT molecular complexity index is 586. The van der Waals surface area contributed by atoms with Crippen molar-refractivity contribution in [1.29, 1.82) is 0 Å². The third kappa shape index (κ3) is 2.63. The lowest BCUT2D eigenvalue weighted by atomic mass is 9.48. The zero-order valence-corrected chi connectivity index (χ0v) is 16.0. The van der Waals surface area contributed by atoms with Crippen LogP contribution in [0.15, 0.2) is 12.2 Å². The molecule has 3 fully saturated rings. The molecule has 0 spiro atoms. The largest absolute Gasteiger partial charge is 0.481 e. The van der Waals surface area contributed by atoms with E-state index >= 15 is 0 Å². The van der Waals surface area contributed by atoms with Gasteiger partial charge in [0.25, 0.3) is 0 Å². The van der Waals surface area contributed by atoms with Crippen LogP contribution in [0.2, 0.25) is 0 Å². The molecule has 0 radical (unpaired) electrons. The highest BCUT2D eigenvalue weighted by Gasteiger charge is 2.60. The smallest absolute Gasteiger partial charge is 0.307 e. The second-order valence-electron chi connectivity index (χ2n) is 8.73. The molecule has 4 unspecified atom stereocenters. The van der Waals surface area contributed by atoms with Gasteiger partial charge >= 0.3 is 5.97 Å². The molecule has 1 heterocycles. The highest BCUT2D eigenvalue weighted by Crippen LogP contribution is 2.64. The molecule has 3 saturated carbocycles. The van der Waals surface area contributed by atoms with Gasteiger partial charge in [0.15, 0.2) is 0 Å². The molecular weight excluding hydrogens is 314 g/mol. The summed E-state index contributed by atoms with van der Waals surface area (Å²) in [5.74, 6) is 0.992. The standard InChI is InChI=1S/C19H27NO3.C2H6/c1-18-9-7-13-11(12(18)4-5-14(18)17(22)23)3-6-15-19(13,2)10-8-16(21)20-15;1-2/h8,10-15H,3-7,9H2,1-2H3,(H,20,21)(H,22,23);1-2H3/t11?,12?,13?,14-,15?,18+,19-;/m1./s1. The molecule has 0 saturated heterocycles. The van der Waals surface area contributed by atoms with Crippen LogP contribution in [0.25, 0.3) is 0 Å². The van der Waals surface area contributed by atoms with E-state index in [9.17, 15) is 14.7 Å². The Morgan fingerprint density at radius 1 is 1.12 bits per heavy atom. The minimum Gasteiger partial charge on any atom is -0.481 e. The van der Waals surface area contributed by atoms with Crippen LogP contribution in [-0.2, 0) is 9.59 Å². The van der Waals surface area contributed by atoms with Gasteiger partial charge in [-0.25, -0.2) is 0 Å². The van der Waals surface area contributed by atoms with Crippen LogP contribution in [0, 0.1) is 34.5 Å². The Balaban J connectivity index is 0.000000880. The summed E-state index contributed by atoms with van der Waals surface area (Å²) in [6.07, 6.45) is 10.0. The summed E-state index contributed by atoms with van der Waals surface area (Å²) >= 11 is 0. The van der Waals surface area contributed by atoms with Crippen molar-refractivity contribution in [3.8, 4) is 0 Å². The first-order valence-electron chi connectivity index (χ1n) is 10.1. The van der Waals surface area contributed by atoms with Crippen LogP contribution in [-0.4, -0.2) is 23.0 Å². The molecule has 0 aromatic heterocycles. The highest BCUT2D eigenvalue weighted by molar-refractivity contribution is 5.89. The van der Waals surface area contributed by atoms with Crippen LogP contribution in [0.4, 0.5) is 0 Å². The van der Waals surface area contributed by atoms with Crippen LogP contribution < -0.4 is 5.32 Å². The Labute approximate surface area is 151 Å². The zero-order chi connectivity index (χ0) is 18.4. The predicted molar refractivity (Wildman–Crippen MR) is 97.9 cm³/mol. The molecule has 3 aliphatic carbocycles. The number of hydrogen-bond donors (Lipinski definition) is 2. The van der Waals surface area contributed by atoms with Gasteiger partial charge in [-0.05, 0) is 67.8 Å². The molecule has 4 aliphatic rings. The quantitative estimate of drug-likeness (QED) is 0.753. The molecule has 7 atom stereocenters. The molecule has 25 heavy (non-hydrogen) atoms. The fraction of sp³-hybridized carbons (Fsp3) is 0.810. The summed E-state index contributed by atoms with van der Waals surface area (Å²) in [6.45, 7) is 8.53. The van der Waals surface area contributed by atoms with Crippen molar-refractivity contribution in [2.24, 2.45) is 34.5 Å². The zero-order valence-electron chi connectivity index (χ0n) is 16.0. The number of rotatable bonds is 1. The van der Waals surface area contributed by atoms with Crippen molar-refractivity contribution in [3.63, 3.8) is 0 Å². The van der Waals surface area contributed by atoms with Crippen LogP contribution in [0.5, 0.6) is 0 Å². The van der Waals surface area contributed by atoms with E-state index in [1.54, 1.807) is 6.08 Å².